The molecule has 2 fully saturated rings. The number of benzene rings is 2. The van der Waals surface area contributed by atoms with Crippen LogP contribution in [0.4, 0.5) is 8.78 Å². The van der Waals surface area contributed by atoms with E-state index in [9.17, 15) is 13.6 Å². The van der Waals surface area contributed by atoms with E-state index in [0.717, 1.165) is 51.9 Å². The van der Waals surface area contributed by atoms with Crippen molar-refractivity contribution in [3.8, 4) is 0 Å². The summed E-state index contributed by atoms with van der Waals surface area (Å²) >= 11 is 0. The third-order valence-electron chi connectivity index (χ3n) is 6.50. The van der Waals surface area contributed by atoms with Crippen molar-refractivity contribution in [2.24, 2.45) is 5.41 Å². The van der Waals surface area contributed by atoms with Crippen LogP contribution in [-0.2, 0) is 17.8 Å². The number of carbonyl (C=O) groups is 1. The molecule has 2 aromatic rings. The highest BCUT2D eigenvalue weighted by Gasteiger charge is 2.44. The molecule has 0 radical (unpaired) electrons. The molecule has 154 valence electrons. The van der Waals surface area contributed by atoms with Crippen LogP contribution in [0, 0.1) is 17.0 Å². The Morgan fingerprint density at radius 2 is 1.62 bits per heavy atom. The molecular formula is C24H28F2N2O. The van der Waals surface area contributed by atoms with Gasteiger partial charge in [-0.1, -0.05) is 36.4 Å². The Morgan fingerprint density at radius 3 is 2.31 bits per heavy atom. The van der Waals surface area contributed by atoms with Crippen molar-refractivity contribution < 1.29 is 13.6 Å². The summed E-state index contributed by atoms with van der Waals surface area (Å²) in [4.78, 5) is 16.7. The molecule has 2 aromatic carbocycles. The predicted molar refractivity (Wildman–Crippen MR) is 109 cm³/mol. The smallest absolute Gasteiger partial charge is 0.223 e. The van der Waals surface area contributed by atoms with Crippen molar-refractivity contribution in [1.82, 2.24) is 9.80 Å². The summed E-state index contributed by atoms with van der Waals surface area (Å²) in [5.41, 5.74) is 1.49. The van der Waals surface area contributed by atoms with Crippen molar-refractivity contribution in [2.45, 2.75) is 38.6 Å². The summed E-state index contributed by atoms with van der Waals surface area (Å²) in [6.07, 6.45) is 4.39. The van der Waals surface area contributed by atoms with Gasteiger partial charge in [-0.15, -0.1) is 0 Å². The Kier molecular flexibility index (Phi) is 5.95. The Morgan fingerprint density at radius 1 is 0.931 bits per heavy atom. The summed E-state index contributed by atoms with van der Waals surface area (Å²) in [6.45, 7) is 3.48. The minimum absolute atomic E-state index is 0.0358. The highest BCUT2D eigenvalue weighted by Crippen LogP contribution is 2.41. The number of amides is 1. The first-order valence-electron chi connectivity index (χ1n) is 10.5. The lowest BCUT2D eigenvalue weighted by Gasteiger charge is -2.39. The molecule has 5 heteroatoms. The zero-order valence-corrected chi connectivity index (χ0v) is 16.7. The van der Waals surface area contributed by atoms with E-state index in [1.807, 2.05) is 23.1 Å². The SMILES string of the molecule is O=C1CC2(CCN(Cc3c(F)cccc3F)CC2)CN1CCCc1ccccc1. The van der Waals surface area contributed by atoms with E-state index in [1.165, 1.54) is 23.8 Å². The van der Waals surface area contributed by atoms with Crippen LogP contribution in [0.15, 0.2) is 48.5 Å². The molecule has 0 bridgehead atoms. The van der Waals surface area contributed by atoms with Gasteiger partial charge in [0.15, 0.2) is 0 Å². The molecule has 0 atom stereocenters. The van der Waals surface area contributed by atoms with Crippen LogP contribution in [0.2, 0.25) is 0 Å². The number of nitrogens with zero attached hydrogens (tertiary/aromatic N) is 2. The second-order valence-corrected chi connectivity index (χ2v) is 8.56. The fourth-order valence-corrected chi connectivity index (χ4v) is 4.73. The molecule has 2 aliphatic rings. The van der Waals surface area contributed by atoms with Crippen LogP contribution in [0.5, 0.6) is 0 Å². The van der Waals surface area contributed by atoms with Crippen molar-refractivity contribution >= 4 is 5.91 Å². The molecule has 2 aliphatic heterocycles. The molecule has 4 rings (SSSR count). The van der Waals surface area contributed by atoms with Gasteiger partial charge >= 0.3 is 0 Å². The van der Waals surface area contributed by atoms with Gasteiger partial charge in [0.05, 0.1) is 0 Å². The number of aryl methyl sites for hydroxylation is 1. The fourth-order valence-electron chi connectivity index (χ4n) is 4.73. The van der Waals surface area contributed by atoms with E-state index >= 15 is 0 Å². The van der Waals surface area contributed by atoms with Crippen molar-refractivity contribution in [1.29, 1.82) is 0 Å². The number of hydrogen-bond donors (Lipinski definition) is 0. The molecular weight excluding hydrogens is 370 g/mol. The molecule has 3 nitrogen and oxygen atoms in total. The summed E-state index contributed by atoms with van der Waals surface area (Å²) in [6, 6.07) is 14.4. The minimum atomic E-state index is -0.481. The summed E-state index contributed by atoms with van der Waals surface area (Å²) < 4.78 is 27.9. The van der Waals surface area contributed by atoms with Gasteiger partial charge < -0.3 is 4.90 Å². The molecule has 0 aromatic heterocycles. The largest absolute Gasteiger partial charge is 0.342 e. The fraction of sp³-hybridized carbons (Fsp3) is 0.458. The maximum Gasteiger partial charge on any atom is 0.223 e. The van der Waals surface area contributed by atoms with E-state index < -0.39 is 11.6 Å². The number of hydrogen-bond acceptors (Lipinski definition) is 2. The van der Waals surface area contributed by atoms with Gasteiger partial charge in [-0.3, -0.25) is 9.69 Å². The highest BCUT2D eigenvalue weighted by atomic mass is 19.1. The van der Waals surface area contributed by atoms with E-state index in [0.29, 0.717) is 13.0 Å². The second-order valence-electron chi connectivity index (χ2n) is 8.56. The lowest BCUT2D eigenvalue weighted by Crippen LogP contribution is -2.41. The normalized spacial score (nSPS) is 19.2. The van der Waals surface area contributed by atoms with Crippen LogP contribution >= 0.6 is 0 Å². The van der Waals surface area contributed by atoms with Gasteiger partial charge in [0, 0.05) is 31.6 Å². The zero-order chi connectivity index (χ0) is 20.3. The van der Waals surface area contributed by atoms with E-state index in [-0.39, 0.29) is 16.9 Å². The lowest BCUT2D eigenvalue weighted by atomic mass is 9.77. The molecule has 2 saturated heterocycles. The summed E-state index contributed by atoms with van der Waals surface area (Å²) in [5, 5.41) is 0. The van der Waals surface area contributed by atoms with Crippen LogP contribution in [0.1, 0.15) is 36.8 Å². The number of likely N-dealkylation sites (tertiary alicyclic amines) is 2. The zero-order valence-electron chi connectivity index (χ0n) is 16.7. The van der Waals surface area contributed by atoms with E-state index in [1.54, 1.807) is 0 Å². The molecule has 0 aliphatic carbocycles. The molecule has 29 heavy (non-hydrogen) atoms. The molecule has 0 saturated carbocycles. The predicted octanol–water partition coefficient (Wildman–Crippen LogP) is 4.41. The first-order chi connectivity index (χ1) is 14.0. The Labute approximate surface area is 171 Å². The van der Waals surface area contributed by atoms with Crippen molar-refractivity contribution in [2.75, 3.05) is 26.2 Å². The molecule has 0 N–H and O–H groups in total. The standard InChI is InChI=1S/C24H28F2N2O/c25-21-9-4-10-22(26)20(21)17-27-14-11-24(12-15-27)16-23(29)28(18-24)13-5-8-19-6-2-1-3-7-19/h1-4,6-7,9-10H,5,8,11-18H2. The van der Waals surface area contributed by atoms with Gasteiger partial charge in [0.2, 0.25) is 5.91 Å². The van der Waals surface area contributed by atoms with Gasteiger partial charge in [-0.05, 0) is 61.9 Å². The number of rotatable bonds is 6. The monoisotopic (exact) mass is 398 g/mol. The minimum Gasteiger partial charge on any atom is -0.342 e. The van der Waals surface area contributed by atoms with Crippen LogP contribution in [0.25, 0.3) is 0 Å². The third kappa shape index (κ3) is 4.67. The highest BCUT2D eigenvalue weighted by molar-refractivity contribution is 5.79. The van der Waals surface area contributed by atoms with Gasteiger partial charge in [-0.2, -0.15) is 0 Å². The molecule has 1 amide bonds. The Bertz CT molecular complexity index is 827. The first-order valence-corrected chi connectivity index (χ1v) is 10.5. The Hall–Kier alpha value is -2.27. The second kappa shape index (κ2) is 8.62. The number of carbonyl (C=O) groups excluding carboxylic acids is 1. The Balaban J connectivity index is 1.28. The number of halogens is 2. The molecule has 2 heterocycles. The maximum atomic E-state index is 13.9. The average molecular weight is 398 g/mol. The third-order valence-corrected chi connectivity index (χ3v) is 6.50. The van der Waals surface area contributed by atoms with E-state index in [2.05, 4.69) is 17.0 Å². The topological polar surface area (TPSA) is 23.6 Å². The first kappa shape index (κ1) is 20.0. The van der Waals surface area contributed by atoms with Gasteiger partial charge in [-0.25, -0.2) is 8.78 Å². The summed E-state index contributed by atoms with van der Waals surface area (Å²) in [7, 11) is 0. The number of piperidine rings is 1. The average Bonchev–Trinajstić information content (AvgIpc) is 3.02. The molecule has 0 unspecified atom stereocenters. The van der Waals surface area contributed by atoms with Crippen molar-refractivity contribution in [3.05, 3.63) is 71.3 Å². The maximum absolute atomic E-state index is 13.9. The van der Waals surface area contributed by atoms with Crippen LogP contribution < -0.4 is 0 Å². The lowest BCUT2D eigenvalue weighted by molar-refractivity contribution is -0.127. The van der Waals surface area contributed by atoms with Crippen LogP contribution in [-0.4, -0.2) is 41.9 Å². The van der Waals surface area contributed by atoms with Crippen molar-refractivity contribution in [3.63, 3.8) is 0 Å². The van der Waals surface area contributed by atoms with Gasteiger partial charge in [0.25, 0.3) is 0 Å². The van der Waals surface area contributed by atoms with E-state index in [4.69, 9.17) is 0 Å². The molecule has 1 spiro atoms. The van der Waals surface area contributed by atoms with Crippen LogP contribution in [0.3, 0.4) is 0 Å². The van der Waals surface area contributed by atoms with Gasteiger partial charge in [0.1, 0.15) is 11.6 Å². The quantitative estimate of drug-likeness (QED) is 0.720. The summed E-state index contributed by atoms with van der Waals surface area (Å²) in [5.74, 6) is -0.705.